The Balaban J connectivity index is 1.63. The van der Waals surface area contributed by atoms with Crippen LogP contribution in [-0.2, 0) is 22.3 Å². The number of carbonyl (C=O) groups is 1. The lowest BCUT2D eigenvalue weighted by Crippen LogP contribution is -2.10. The SMILES string of the molecule is COCOc1ccccc1CC/C=C\C1CCCc2cc(C(=O)OC)ccc21. The molecule has 0 amide bonds. The first-order chi connectivity index (χ1) is 13.7. The predicted octanol–water partition coefficient (Wildman–Crippen LogP) is 5.06. The van der Waals surface area contributed by atoms with E-state index in [1.54, 1.807) is 7.11 Å². The Bertz CT molecular complexity index is 825. The molecule has 0 N–H and O–H groups in total. The maximum Gasteiger partial charge on any atom is 0.337 e. The van der Waals surface area contributed by atoms with Crippen LogP contribution >= 0.6 is 0 Å². The minimum Gasteiger partial charge on any atom is -0.467 e. The molecule has 0 fully saturated rings. The van der Waals surface area contributed by atoms with Gasteiger partial charge in [0, 0.05) is 13.0 Å². The summed E-state index contributed by atoms with van der Waals surface area (Å²) in [6.07, 6.45) is 9.77. The van der Waals surface area contributed by atoms with Gasteiger partial charge in [-0.2, -0.15) is 0 Å². The molecule has 1 aliphatic rings. The van der Waals surface area contributed by atoms with Crippen molar-refractivity contribution in [3.8, 4) is 5.75 Å². The predicted molar refractivity (Wildman–Crippen MR) is 110 cm³/mol. The molecule has 0 saturated heterocycles. The molecule has 0 heterocycles. The van der Waals surface area contributed by atoms with Crippen LogP contribution in [0.5, 0.6) is 5.75 Å². The van der Waals surface area contributed by atoms with Crippen LogP contribution in [0.4, 0.5) is 0 Å². The average molecular weight is 380 g/mol. The van der Waals surface area contributed by atoms with Crippen LogP contribution in [0.3, 0.4) is 0 Å². The zero-order valence-corrected chi connectivity index (χ0v) is 16.6. The highest BCUT2D eigenvalue weighted by atomic mass is 16.7. The van der Waals surface area contributed by atoms with Gasteiger partial charge < -0.3 is 14.2 Å². The van der Waals surface area contributed by atoms with Crippen molar-refractivity contribution in [1.29, 1.82) is 0 Å². The zero-order chi connectivity index (χ0) is 19.8. The van der Waals surface area contributed by atoms with Crippen molar-refractivity contribution < 1.29 is 19.0 Å². The number of aryl methyl sites for hydroxylation is 2. The van der Waals surface area contributed by atoms with Crippen molar-refractivity contribution in [2.75, 3.05) is 21.0 Å². The van der Waals surface area contributed by atoms with Gasteiger partial charge in [0.05, 0.1) is 12.7 Å². The monoisotopic (exact) mass is 380 g/mol. The summed E-state index contributed by atoms with van der Waals surface area (Å²) >= 11 is 0. The highest BCUT2D eigenvalue weighted by Crippen LogP contribution is 2.33. The lowest BCUT2D eigenvalue weighted by Gasteiger charge is -2.23. The summed E-state index contributed by atoms with van der Waals surface area (Å²) in [7, 11) is 3.05. The molecule has 2 aromatic rings. The minimum absolute atomic E-state index is 0.263. The third-order valence-electron chi connectivity index (χ3n) is 5.18. The van der Waals surface area contributed by atoms with Crippen molar-refractivity contribution in [3.05, 3.63) is 76.9 Å². The van der Waals surface area contributed by atoms with Crippen LogP contribution in [0.15, 0.2) is 54.6 Å². The molecular formula is C24H28O4. The van der Waals surface area contributed by atoms with Crippen molar-refractivity contribution in [2.45, 2.75) is 38.0 Å². The van der Waals surface area contributed by atoms with E-state index >= 15 is 0 Å². The van der Waals surface area contributed by atoms with E-state index in [9.17, 15) is 4.79 Å². The van der Waals surface area contributed by atoms with Crippen LogP contribution in [0.25, 0.3) is 0 Å². The van der Waals surface area contributed by atoms with Crippen LogP contribution in [-0.4, -0.2) is 27.0 Å². The van der Waals surface area contributed by atoms with Crippen LogP contribution in [0.1, 0.15) is 52.2 Å². The molecule has 0 bridgehead atoms. The second kappa shape index (κ2) is 10.1. The second-order valence-electron chi connectivity index (χ2n) is 7.03. The number of allylic oxidation sites excluding steroid dienone is 2. The van der Waals surface area contributed by atoms with Gasteiger partial charge >= 0.3 is 5.97 Å². The van der Waals surface area contributed by atoms with Gasteiger partial charge in [-0.15, -0.1) is 0 Å². The number of esters is 1. The Kier molecular flexibility index (Phi) is 7.26. The molecule has 0 aromatic heterocycles. The summed E-state index contributed by atoms with van der Waals surface area (Å²) in [6, 6.07) is 14.0. The highest BCUT2D eigenvalue weighted by molar-refractivity contribution is 5.89. The summed E-state index contributed by atoms with van der Waals surface area (Å²) in [5.41, 5.74) is 4.43. The number of carbonyl (C=O) groups excluding carboxylic acids is 1. The van der Waals surface area contributed by atoms with E-state index in [0.717, 1.165) is 37.9 Å². The number of fused-ring (bicyclic) bond motifs is 1. The summed E-state index contributed by atoms with van der Waals surface area (Å²) in [5.74, 6) is 1.03. The molecule has 0 saturated carbocycles. The molecule has 1 aliphatic carbocycles. The van der Waals surface area contributed by atoms with E-state index in [4.69, 9.17) is 14.2 Å². The number of methoxy groups -OCH3 is 2. The van der Waals surface area contributed by atoms with E-state index in [2.05, 4.69) is 24.3 Å². The molecule has 1 atom stereocenters. The summed E-state index contributed by atoms with van der Waals surface area (Å²) in [6.45, 7) is 0.263. The van der Waals surface area contributed by atoms with E-state index in [0.29, 0.717) is 11.5 Å². The molecule has 2 aromatic carbocycles. The topological polar surface area (TPSA) is 44.8 Å². The fourth-order valence-electron chi connectivity index (χ4n) is 3.77. The zero-order valence-electron chi connectivity index (χ0n) is 16.6. The molecule has 1 unspecified atom stereocenters. The maximum absolute atomic E-state index is 11.8. The molecule has 148 valence electrons. The number of hydrogen-bond donors (Lipinski definition) is 0. The molecule has 4 heteroatoms. The van der Waals surface area contributed by atoms with Crippen molar-refractivity contribution in [3.63, 3.8) is 0 Å². The van der Waals surface area contributed by atoms with Gasteiger partial charge in [-0.1, -0.05) is 36.4 Å². The van der Waals surface area contributed by atoms with Crippen molar-refractivity contribution in [1.82, 2.24) is 0 Å². The molecule has 28 heavy (non-hydrogen) atoms. The molecule has 0 spiro atoms. The van der Waals surface area contributed by atoms with Gasteiger partial charge in [0.15, 0.2) is 6.79 Å². The number of para-hydroxylation sites is 1. The van der Waals surface area contributed by atoms with Gasteiger partial charge in [0.25, 0.3) is 0 Å². The molecule has 4 nitrogen and oxygen atoms in total. The van der Waals surface area contributed by atoms with E-state index in [1.807, 2.05) is 30.3 Å². The first-order valence-corrected chi connectivity index (χ1v) is 9.80. The molecular weight excluding hydrogens is 352 g/mol. The van der Waals surface area contributed by atoms with E-state index < -0.39 is 0 Å². The lowest BCUT2D eigenvalue weighted by atomic mass is 9.81. The van der Waals surface area contributed by atoms with Gasteiger partial charge in [-0.25, -0.2) is 4.79 Å². The third kappa shape index (κ3) is 5.02. The van der Waals surface area contributed by atoms with Crippen LogP contribution < -0.4 is 4.74 Å². The standard InChI is InChI=1S/C24H28O4/c1-26-17-28-23-13-6-5-10-19(23)9-4-3-8-18-11-7-12-20-16-21(24(25)27-2)14-15-22(18)20/h3,5-6,8,10,13-16,18H,4,7,9,11-12,17H2,1-2H3/b8-3-. The number of hydrogen-bond acceptors (Lipinski definition) is 4. The smallest absolute Gasteiger partial charge is 0.337 e. The summed E-state index contributed by atoms with van der Waals surface area (Å²) in [4.78, 5) is 11.8. The molecule has 3 rings (SSSR count). The van der Waals surface area contributed by atoms with E-state index in [-0.39, 0.29) is 12.8 Å². The first-order valence-electron chi connectivity index (χ1n) is 9.80. The van der Waals surface area contributed by atoms with Crippen molar-refractivity contribution >= 4 is 5.97 Å². The van der Waals surface area contributed by atoms with Crippen molar-refractivity contribution in [2.24, 2.45) is 0 Å². The van der Waals surface area contributed by atoms with E-state index in [1.165, 1.54) is 23.8 Å². The Morgan fingerprint density at radius 1 is 1.18 bits per heavy atom. The average Bonchev–Trinajstić information content (AvgIpc) is 2.75. The quantitative estimate of drug-likeness (QED) is 0.365. The second-order valence-corrected chi connectivity index (χ2v) is 7.03. The van der Waals surface area contributed by atoms with Gasteiger partial charge in [-0.3, -0.25) is 0 Å². The Morgan fingerprint density at radius 2 is 2.04 bits per heavy atom. The Labute approximate surface area is 167 Å². The summed E-state index contributed by atoms with van der Waals surface area (Å²) in [5, 5.41) is 0. The Hall–Kier alpha value is -2.59. The number of rotatable bonds is 8. The fraction of sp³-hybridized carbons (Fsp3) is 0.375. The minimum atomic E-state index is -0.269. The molecule has 0 aliphatic heterocycles. The lowest BCUT2D eigenvalue weighted by molar-refractivity contribution is 0.0504. The van der Waals surface area contributed by atoms with Crippen LogP contribution in [0.2, 0.25) is 0 Å². The number of ether oxygens (including phenoxy) is 3. The normalized spacial score (nSPS) is 16.0. The van der Waals surface area contributed by atoms with Gasteiger partial charge in [-0.05, 0) is 67.0 Å². The Morgan fingerprint density at radius 3 is 2.86 bits per heavy atom. The van der Waals surface area contributed by atoms with Gasteiger partial charge in [0.2, 0.25) is 0 Å². The highest BCUT2D eigenvalue weighted by Gasteiger charge is 2.19. The third-order valence-corrected chi connectivity index (χ3v) is 5.18. The van der Waals surface area contributed by atoms with Gasteiger partial charge in [0.1, 0.15) is 5.75 Å². The first kappa shape index (κ1) is 20.2. The van der Waals surface area contributed by atoms with Crippen LogP contribution in [0, 0.1) is 0 Å². The largest absolute Gasteiger partial charge is 0.467 e. The molecule has 0 radical (unpaired) electrons. The summed E-state index contributed by atoms with van der Waals surface area (Å²) < 4.78 is 15.5. The number of benzene rings is 2. The fourth-order valence-corrected chi connectivity index (χ4v) is 3.77. The maximum atomic E-state index is 11.8.